The van der Waals surface area contributed by atoms with E-state index in [1.54, 1.807) is 25.1 Å². The molecule has 162 valence electrons. The van der Waals surface area contributed by atoms with E-state index >= 15 is 0 Å². The molecule has 2 rings (SSSR count). The van der Waals surface area contributed by atoms with Gasteiger partial charge in [-0.3, -0.25) is 0 Å². The van der Waals surface area contributed by atoms with Crippen LogP contribution in [-0.2, 0) is 10.0 Å². The summed E-state index contributed by atoms with van der Waals surface area (Å²) in [6.07, 6.45) is 0.588. The molecule has 0 radical (unpaired) electrons. The molecule has 1 aromatic rings. The van der Waals surface area contributed by atoms with Gasteiger partial charge in [0.15, 0.2) is 0 Å². The molecule has 0 spiro atoms. The Bertz CT molecular complexity index is 855. The number of likely N-dealkylation sites (N-methyl/N-ethyl adjacent to an activating group) is 1. The molecule has 1 aliphatic heterocycles. The Morgan fingerprint density at radius 1 is 1.31 bits per heavy atom. The second-order valence-electron chi connectivity index (χ2n) is 8.56. The molecule has 1 aromatic carbocycles. The third-order valence-electron chi connectivity index (χ3n) is 4.96. The smallest absolute Gasteiger partial charge is 0.247 e. The summed E-state index contributed by atoms with van der Waals surface area (Å²) in [5.74, 6) is 7.00. The number of aliphatic hydroxyl groups excluding tert-OH is 1. The van der Waals surface area contributed by atoms with Gasteiger partial charge in [-0.2, -0.15) is 4.31 Å². The van der Waals surface area contributed by atoms with Crippen LogP contribution in [0, 0.1) is 23.7 Å². The van der Waals surface area contributed by atoms with Gasteiger partial charge in [0.05, 0.1) is 6.61 Å². The highest BCUT2D eigenvalue weighted by molar-refractivity contribution is 7.89. The highest BCUT2D eigenvalue weighted by atomic mass is 32.2. The standard InChI is InChI=1S/C22H34N2O4S/c1-16(2)8-7-9-19-10-11-22-20(12-19)28-21(14-23(5)6)17(3)13-24(18(4)15-25)29(22,26)27/h10-12,16-18,21,25H,8,13-15H2,1-6H3/t17-,18-,21+/m0/s1. The van der Waals surface area contributed by atoms with E-state index in [-0.39, 0.29) is 30.1 Å². The van der Waals surface area contributed by atoms with Crippen molar-refractivity contribution in [2.75, 3.05) is 33.8 Å². The third-order valence-corrected chi connectivity index (χ3v) is 6.97. The van der Waals surface area contributed by atoms with Gasteiger partial charge in [-0.05, 0) is 45.1 Å². The van der Waals surface area contributed by atoms with Crippen LogP contribution in [0.15, 0.2) is 23.1 Å². The molecule has 0 aromatic heterocycles. The second-order valence-corrected chi connectivity index (χ2v) is 10.4. The van der Waals surface area contributed by atoms with Gasteiger partial charge in [0, 0.05) is 37.0 Å². The first-order chi connectivity index (χ1) is 13.6. The minimum atomic E-state index is -3.80. The van der Waals surface area contributed by atoms with Crippen molar-refractivity contribution < 1.29 is 18.3 Å². The molecule has 0 saturated heterocycles. The van der Waals surface area contributed by atoms with Gasteiger partial charge in [0.2, 0.25) is 10.0 Å². The average Bonchev–Trinajstić information content (AvgIpc) is 2.63. The number of fused-ring (bicyclic) bond motifs is 1. The van der Waals surface area contributed by atoms with Crippen molar-refractivity contribution in [3.63, 3.8) is 0 Å². The van der Waals surface area contributed by atoms with Crippen LogP contribution in [-0.4, -0.2) is 68.7 Å². The molecule has 0 amide bonds. The van der Waals surface area contributed by atoms with E-state index in [0.29, 0.717) is 18.2 Å². The van der Waals surface area contributed by atoms with Gasteiger partial charge in [-0.1, -0.05) is 32.6 Å². The predicted octanol–water partition coefficient (Wildman–Crippen LogP) is 2.41. The number of hydrogen-bond donors (Lipinski definition) is 1. The van der Waals surface area contributed by atoms with Crippen LogP contribution in [0.5, 0.6) is 5.75 Å². The molecule has 0 aliphatic carbocycles. The first-order valence-corrected chi connectivity index (χ1v) is 11.6. The molecular weight excluding hydrogens is 388 g/mol. The Morgan fingerprint density at radius 2 is 2.00 bits per heavy atom. The lowest BCUT2D eigenvalue weighted by Gasteiger charge is -2.37. The van der Waals surface area contributed by atoms with Crippen molar-refractivity contribution in [3.05, 3.63) is 23.8 Å². The lowest BCUT2D eigenvalue weighted by molar-refractivity contribution is 0.0812. The van der Waals surface area contributed by atoms with Crippen molar-refractivity contribution in [2.45, 2.75) is 51.2 Å². The maximum Gasteiger partial charge on any atom is 0.247 e. The molecule has 7 heteroatoms. The average molecular weight is 423 g/mol. The predicted molar refractivity (Wildman–Crippen MR) is 115 cm³/mol. The van der Waals surface area contributed by atoms with Gasteiger partial charge in [0.1, 0.15) is 16.7 Å². The summed E-state index contributed by atoms with van der Waals surface area (Å²) in [6, 6.07) is 4.51. The summed E-state index contributed by atoms with van der Waals surface area (Å²) in [7, 11) is 0.130. The Hall–Kier alpha value is -1.59. The van der Waals surface area contributed by atoms with Crippen molar-refractivity contribution in [2.24, 2.45) is 11.8 Å². The molecule has 0 saturated carbocycles. The fourth-order valence-electron chi connectivity index (χ4n) is 3.24. The molecular formula is C22H34N2O4S. The van der Waals surface area contributed by atoms with E-state index in [1.807, 2.05) is 25.9 Å². The van der Waals surface area contributed by atoms with E-state index in [9.17, 15) is 13.5 Å². The van der Waals surface area contributed by atoms with Crippen LogP contribution < -0.4 is 4.74 Å². The van der Waals surface area contributed by atoms with Crippen LogP contribution in [0.2, 0.25) is 0 Å². The molecule has 1 N–H and O–H groups in total. The Labute approximate surface area is 175 Å². The van der Waals surface area contributed by atoms with Crippen LogP contribution in [0.25, 0.3) is 0 Å². The minimum absolute atomic E-state index is 0.0509. The monoisotopic (exact) mass is 422 g/mol. The number of benzene rings is 1. The highest BCUT2D eigenvalue weighted by Crippen LogP contribution is 2.34. The van der Waals surface area contributed by atoms with Crippen LogP contribution in [0.1, 0.15) is 39.7 Å². The van der Waals surface area contributed by atoms with Gasteiger partial charge in [-0.15, -0.1) is 0 Å². The molecule has 0 fully saturated rings. The van der Waals surface area contributed by atoms with Crippen molar-refractivity contribution >= 4 is 10.0 Å². The Kier molecular flexibility index (Phi) is 8.12. The normalized spacial score (nSPS) is 22.8. The topological polar surface area (TPSA) is 70.1 Å². The van der Waals surface area contributed by atoms with Crippen LogP contribution in [0.3, 0.4) is 0 Å². The molecule has 3 atom stereocenters. The van der Waals surface area contributed by atoms with E-state index in [1.165, 1.54) is 4.31 Å². The zero-order valence-electron chi connectivity index (χ0n) is 18.3. The molecule has 1 aliphatic rings. The van der Waals surface area contributed by atoms with E-state index < -0.39 is 16.1 Å². The molecule has 29 heavy (non-hydrogen) atoms. The lowest BCUT2D eigenvalue weighted by Crippen LogP contribution is -2.49. The third kappa shape index (κ3) is 5.95. The van der Waals surface area contributed by atoms with E-state index in [4.69, 9.17) is 4.74 Å². The minimum Gasteiger partial charge on any atom is -0.487 e. The number of rotatable bonds is 5. The number of nitrogens with zero attached hydrogens (tertiary/aromatic N) is 2. The van der Waals surface area contributed by atoms with Crippen LogP contribution in [0.4, 0.5) is 0 Å². The van der Waals surface area contributed by atoms with E-state index in [2.05, 4.69) is 25.7 Å². The molecule has 6 nitrogen and oxygen atoms in total. The summed E-state index contributed by atoms with van der Waals surface area (Å²) in [5.41, 5.74) is 0.734. The number of ether oxygens (including phenoxy) is 1. The first kappa shape index (κ1) is 23.7. The van der Waals surface area contributed by atoms with E-state index in [0.717, 1.165) is 12.0 Å². The zero-order chi connectivity index (χ0) is 21.8. The summed E-state index contributed by atoms with van der Waals surface area (Å²) >= 11 is 0. The Balaban J connectivity index is 2.56. The fourth-order valence-corrected chi connectivity index (χ4v) is 5.06. The maximum atomic E-state index is 13.4. The molecule has 1 heterocycles. The largest absolute Gasteiger partial charge is 0.487 e. The summed E-state index contributed by atoms with van der Waals surface area (Å²) in [5, 5.41) is 9.65. The fraction of sp³-hybridized carbons (Fsp3) is 0.636. The summed E-state index contributed by atoms with van der Waals surface area (Å²) < 4.78 is 34.4. The summed E-state index contributed by atoms with van der Waals surface area (Å²) in [6.45, 7) is 8.63. The molecule has 0 bridgehead atoms. The number of sulfonamides is 1. The molecule has 0 unspecified atom stereocenters. The SMILES string of the molecule is CC(C)CC#Cc1ccc2c(c1)O[C@H](CN(C)C)[C@@H](C)CN([C@@H](C)CO)S2(=O)=O. The maximum absolute atomic E-state index is 13.4. The van der Waals surface area contributed by atoms with Gasteiger partial charge in [-0.25, -0.2) is 8.42 Å². The van der Waals surface area contributed by atoms with Crippen molar-refractivity contribution in [1.82, 2.24) is 9.21 Å². The lowest BCUT2D eigenvalue weighted by atomic mass is 10.0. The zero-order valence-corrected chi connectivity index (χ0v) is 19.2. The van der Waals surface area contributed by atoms with Gasteiger partial charge >= 0.3 is 0 Å². The highest BCUT2D eigenvalue weighted by Gasteiger charge is 2.37. The van der Waals surface area contributed by atoms with Gasteiger partial charge in [0.25, 0.3) is 0 Å². The summed E-state index contributed by atoms with van der Waals surface area (Å²) in [4.78, 5) is 2.16. The second kappa shape index (κ2) is 9.94. The quantitative estimate of drug-likeness (QED) is 0.738. The van der Waals surface area contributed by atoms with Crippen molar-refractivity contribution in [1.29, 1.82) is 0 Å². The Morgan fingerprint density at radius 3 is 2.59 bits per heavy atom. The number of aliphatic hydroxyl groups is 1. The first-order valence-electron chi connectivity index (χ1n) is 10.1. The number of hydrogen-bond acceptors (Lipinski definition) is 5. The van der Waals surface area contributed by atoms with Crippen LogP contribution >= 0.6 is 0 Å². The van der Waals surface area contributed by atoms with Gasteiger partial charge < -0.3 is 14.7 Å². The van der Waals surface area contributed by atoms with Crippen molar-refractivity contribution in [3.8, 4) is 17.6 Å².